The highest BCUT2D eigenvalue weighted by Gasteiger charge is 2.50. The number of carbonyl (C=O) groups excluding carboxylic acids is 2. The van der Waals surface area contributed by atoms with Gasteiger partial charge in [-0.2, -0.15) is 0 Å². The Labute approximate surface area is 139 Å². The highest BCUT2D eigenvalue weighted by atomic mass is 16.2. The quantitative estimate of drug-likeness (QED) is 0.681. The van der Waals surface area contributed by atoms with E-state index in [9.17, 15) is 9.59 Å². The highest BCUT2D eigenvalue weighted by Crippen LogP contribution is 2.48. The Morgan fingerprint density at radius 3 is 2.26 bits per heavy atom. The predicted octanol–water partition coefficient (Wildman–Crippen LogP) is 3.76. The topological polar surface area (TPSA) is 58.2 Å². The number of hydrogen-bond acceptors (Lipinski definition) is 2. The molecule has 1 aromatic carbocycles. The van der Waals surface area contributed by atoms with Gasteiger partial charge in [-0.1, -0.05) is 38.8 Å². The van der Waals surface area contributed by atoms with Crippen molar-refractivity contribution in [3.63, 3.8) is 0 Å². The third-order valence-corrected chi connectivity index (χ3v) is 4.48. The monoisotopic (exact) mass is 316 g/mol. The van der Waals surface area contributed by atoms with E-state index in [0.29, 0.717) is 6.42 Å². The zero-order valence-electron chi connectivity index (χ0n) is 14.3. The molecule has 1 aromatic rings. The normalized spacial score (nSPS) is 15.0. The maximum absolute atomic E-state index is 12.4. The summed E-state index contributed by atoms with van der Waals surface area (Å²) in [5, 5.41) is 5.95. The van der Waals surface area contributed by atoms with E-state index in [2.05, 4.69) is 24.5 Å². The summed E-state index contributed by atoms with van der Waals surface area (Å²) in [7, 11) is 0. The van der Waals surface area contributed by atoms with Crippen LogP contribution in [0.4, 0.5) is 5.69 Å². The lowest BCUT2D eigenvalue weighted by Gasteiger charge is -2.16. The van der Waals surface area contributed by atoms with E-state index < -0.39 is 0 Å². The molecule has 0 radical (unpaired) electrons. The van der Waals surface area contributed by atoms with E-state index in [-0.39, 0.29) is 17.2 Å². The SMILES string of the molecule is CCCCNC(=O)C1(c2ccc(NC(=O)CCCC)cc2)CC1. The average molecular weight is 316 g/mol. The third kappa shape index (κ3) is 4.57. The Balaban J connectivity index is 1.93. The molecule has 2 N–H and O–H groups in total. The highest BCUT2D eigenvalue weighted by molar-refractivity contribution is 5.92. The molecular formula is C19H28N2O2. The maximum Gasteiger partial charge on any atom is 0.230 e. The van der Waals surface area contributed by atoms with Gasteiger partial charge in [-0.15, -0.1) is 0 Å². The molecule has 23 heavy (non-hydrogen) atoms. The summed E-state index contributed by atoms with van der Waals surface area (Å²) < 4.78 is 0. The largest absolute Gasteiger partial charge is 0.355 e. The van der Waals surface area contributed by atoms with Crippen LogP contribution in [0.15, 0.2) is 24.3 Å². The molecule has 0 aliphatic heterocycles. The first-order valence-electron chi connectivity index (χ1n) is 8.81. The van der Waals surface area contributed by atoms with Gasteiger partial charge in [0.2, 0.25) is 11.8 Å². The minimum Gasteiger partial charge on any atom is -0.355 e. The van der Waals surface area contributed by atoms with E-state index in [0.717, 1.165) is 56.3 Å². The van der Waals surface area contributed by atoms with Crippen molar-refractivity contribution >= 4 is 17.5 Å². The lowest BCUT2D eigenvalue weighted by molar-refractivity contribution is -0.123. The fourth-order valence-electron chi connectivity index (χ4n) is 2.75. The van der Waals surface area contributed by atoms with Crippen molar-refractivity contribution in [3.8, 4) is 0 Å². The molecule has 1 saturated carbocycles. The zero-order chi connectivity index (χ0) is 16.7. The minimum atomic E-state index is -0.335. The number of benzene rings is 1. The molecule has 0 spiro atoms. The first kappa shape index (κ1) is 17.5. The molecule has 4 nitrogen and oxygen atoms in total. The summed E-state index contributed by atoms with van der Waals surface area (Å²) in [5.41, 5.74) is 1.52. The summed E-state index contributed by atoms with van der Waals surface area (Å²) in [6.45, 7) is 4.94. The van der Waals surface area contributed by atoms with Crippen molar-refractivity contribution < 1.29 is 9.59 Å². The molecular weight excluding hydrogens is 288 g/mol. The molecule has 0 bridgehead atoms. The molecule has 2 amide bonds. The number of rotatable bonds is 9. The van der Waals surface area contributed by atoms with Crippen molar-refractivity contribution in [1.29, 1.82) is 0 Å². The Kier molecular flexibility index (Phi) is 6.20. The van der Waals surface area contributed by atoms with E-state index in [4.69, 9.17) is 0 Å². The van der Waals surface area contributed by atoms with Crippen molar-refractivity contribution in [3.05, 3.63) is 29.8 Å². The molecule has 0 saturated heterocycles. The van der Waals surface area contributed by atoms with Crippen molar-refractivity contribution in [2.75, 3.05) is 11.9 Å². The summed E-state index contributed by atoms with van der Waals surface area (Å²) >= 11 is 0. The van der Waals surface area contributed by atoms with Crippen molar-refractivity contribution in [2.45, 2.75) is 64.2 Å². The summed E-state index contributed by atoms with van der Waals surface area (Å²) in [5.74, 6) is 0.198. The molecule has 0 atom stereocenters. The molecule has 0 aromatic heterocycles. The Hall–Kier alpha value is -1.84. The van der Waals surface area contributed by atoms with Gasteiger partial charge in [0.1, 0.15) is 0 Å². The Bertz CT molecular complexity index is 533. The number of hydrogen-bond donors (Lipinski definition) is 2. The molecule has 1 aliphatic rings. The second kappa shape index (κ2) is 8.14. The molecule has 126 valence electrons. The Morgan fingerprint density at radius 2 is 1.70 bits per heavy atom. The fraction of sp³-hybridized carbons (Fsp3) is 0.579. The van der Waals surface area contributed by atoms with Gasteiger partial charge in [0, 0.05) is 18.7 Å². The van der Waals surface area contributed by atoms with Crippen LogP contribution in [0.25, 0.3) is 0 Å². The molecule has 1 aliphatic carbocycles. The average Bonchev–Trinajstić information content (AvgIpc) is 3.35. The third-order valence-electron chi connectivity index (χ3n) is 4.48. The second-order valence-electron chi connectivity index (χ2n) is 6.42. The van der Waals surface area contributed by atoms with Gasteiger partial charge >= 0.3 is 0 Å². The van der Waals surface area contributed by atoms with Gasteiger partial charge in [0.25, 0.3) is 0 Å². The number of carbonyl (C=O) groups is 2. The molecule has 0 heterocycles. The van der Waals surface area contributed by atoms with E-state index >= 15 is 0 Å². The van der Waals surface area contributed by atoms with Crippen LogP contribution < -0.4 is 10.6 Å². The van der Waals surface area contributed by atoms with Gasteiger partial charge in [-0.25, -0.2) is 0 Å². The Morgan fingerprint density at radius 1 is 1.04 bits per heavy atom. The van der Waals surface area contributed by atoms with Crippen LogP contribution in [-0.2, 0) is 15.0 Å². The van der Waals surface area contributed by atoms with Crippen LogP contribution in [0.2, 0.25) is 0 Å². The first-order valence-corrected chi connectivity index (χ1v) is 8.81. The van der Waals surface area contributed by atoms with E-state index in [1.165, 1.54) is 0 Å². The maximum atomic E-state index is 12.4. The standard InChI is InChI=1S/C19H28N2O2/c1-3-5-7-17(22)21-16-10-8-15(9-11-16)19(12-13-19)18(23)20-14-6-4-2/h8-11H,3-7,12-14H2,1-2H3,(H,20,23)(H,21,22). The molecule has 4 heteroatoms. The second-order valence-corrected chi connectivity index (χ2v) is 6.42. The number of unbranched alkanes of at least 4 members (excludes halogenated alkanes) is 2. The van der Waals surface area contributed by atoms with Gasteiger partial charge in [-0.3, -0.25) is 9.59 Å². The lowest BCUT2D eigenvalue weighted by Crippen LogP contribution is -2.35. The van der Waals surface area contributed by atoms with Crippen LogP contribution in [0.5, 0.6) is 0 Å². The summed E-state index contributed by atoms with van der Waals surface area (Å²) in [6.07, 6.45) is 6.40. The molecule has 2 rings (SSSR count). The number of nitrogens with one attached hydrogen (secondary N) is 2. The zero-order valence-corrected chi connectivity index (χ0v) is 14.3. The summed E-state index contributed by atoms with van der Waals surface area (Å²) in [6, 6.07) is 7.75. The first-order chi connectivity index (χ1) is 11.1. The van der Waals surface area contributed by atoms with Crippen LogP contribution >= 0.6 is 0 Å². The molecule has 0 unspecified atom stereocenters. The van der Waals surface area contributed by atoms with Crippen LogP contribution in [0.3, 0.4) is 0 Å². The van der Waals surface area contributed by atoms with Gasteiger partial charge in [-0.05, 0) is 43.4 Å². The fourth-order valence-corrected chi connectivity index (χ4v) is 2.75. The van der Waals surface area contributed by atoms with Crippen LogP contribution in [0, 0.1) is 0 Å². The van der Waals surface area contributed by atoms with E-state index in [1.54, 1.807) is 0 Å². The van der Waals surface area contributed by atoms with Crippen molar-refractivity contribution in [2.24, 2.45) is 0 Å². The van der Waals surface area contributed by atoms with Gasteiger partial charge in [0.15, 0.2) is 0 Å². The minimum absolute atomic E-state index is 0.0537. The van der Waals surface area contributed by atoms with Crippen LogP contribution in [0.1, 0.15) is 64.4 Å². The number of anilines is 1. The smallest absolute Gasteiger partial charge is 0.230 e. The summed E-state index contributed by atoms with van der Waals surface area (Å²) in [4.78, 5) is 24.1. The van der Waals surface area contributed by atoms with Crippen LogP contribution in [-0.4, -0.2) is 18.4 Å². The van der Waals surface area contributed by atoms with Gasteiger partial charge < -0.3 is 10.6 Å². The van der Waals surface area contributed by atoms with Gasteiger partial charge in [0.05, 0.1) is 5.41 Å². The lowest BCUT2D eigenvalue weighted by atomic mass is 9.94. The predicted molar refractivity (Wildman–Crippen MR) is 93.4 cm³/mol. The van der Waals surface area contributed by atoms with E-state index in [1.807, 2.05) is 24.3 Å². The van der Waals surface area contributed by atoms with Crippen molar-refractivity contribution in [1.82, 2.24) is 5.32 Å². The number of amides is 2. The molecule has 1 fully saturated rings.